The second-order valence-electron chi connectivity index (χ2n) is 5.77. The van der Waals surface area contributed by atoms with Gasteiger partial charge in [-0.1, -0.05) is 91.0 Å². The molecular formula is C23H16O. The van der Waals surface area contributed by atoms with Gasteiger partial charge in [-0.2, -0.15) is 0 Å². The van der Waals surface area contributed by atoms with Gasteiger partial charge in [0.15, 0.2) is 5.78 Å². The molecule has 4 aromatic rings. The zero-order valence-corrected chi connectivity index (χ0v) is 13.1. The smallest absolute Gasteiger partial charge is 0.193 e. The number of rotatable bonds is 3. The second kappa shape index (κ2) is 6.13. The summed E-state index contributed by atoms with van der Waals surface area (Å²) in [7, 11) is 0. The van der Waals surface area contributed by atoms with Crippen LogP contribution in [0.25, 0.3) is 21.9 Å². The molecule has 24 heavy (non-hydrogen) atoms. The molecule has 1 nitrogen and oxygen atoms in total. The molecular weight excluding hydrogens is 292 g/mol. The lowest BCUT2D eigenvalue weighted by atomic mass is 9.92. The second-order valence-corrected chi connectivity index (χ2v) is 5.77. The van der Waals surface area contributed by atoms with E-state index >= 15 is 0 Å². The molecule has 0 aliphatic carbocycles. The van der Waals surface area contributed by atoms with Crippen LogP contribution in [0, 0.1) is 0 Å². The van der Waals surface area contributed by atoms with E-state index in [1.807, 2.05) is 78.9 Å². The summed E-state index contributed by atoms with van der Waals surface area (Å²) in [5, 5.41) is 2.10. The van der Waals surface area contributed by atoms with E-state index in [-0.39, 0.29) is 5.78 Å². The normalized spacial score (nSPS) is 10.7. The Morgan fingerprint density at radius 1 is 0.542 bits per heavy atom. The molecule has 1 heteroatoms. The van der Waals surface area contributed by atoms with Crippen LogP contribution in [0.3, 0.4) is 0 Å². The molecule has 0 saturated carbocycles. The summed E-state index contributed by atoms with van der Waals surface area (Å²) in [6.07, 6.45) is 0. The lowest BCUT2D eigenvalue weighted by Crippen LogP contribution is -2.02. The first-order valence-corrected chi connectivity index (χ1v) is 8.01. The third kappa shape index (κ3) is 2.50. The highest BCUT2D eigenvalue weighted by molar-refractivity contribution is 6.18. The summed E-state index contributed by atoms with van der Waals surface area (Å²) in [6, 6.07) is 31.8. The molecule has 114 valence electrons. The fourth-order valence-electron chi connectivity index (χ4n) is 3.11. The Morgan fingerprint density at radius 3 is 1.83 bits per heavy atom. The largest absolute Gasteiger partial charge is 0.289 e. The summed E-state index contributed by atoms with van der Waals surface area (Å²) in [5.74, 6) is 0.0615. The van der Waals surface area contributed by atoms with Crippen LogP contribution in [-0.2, 0) is 0 Å². The maximum absolute atomic E-state index is 12.9. The molecule has 0 N–H and O–H groups in total. The van der Waals surface area contributed by atoms with Gasteiger partial charge >= 0.3 is 0 Å². The molecule has 0 spiro atoms. The van der Waals surface area contributed by atoms with Crippen molar-refractivity contribution in [2.24, 2.45) is 0 Å². The van der Waals surface area contributed by atoms with E-state index in [1.165, 1.54) is 0 Å². The molecule has 0 radical (unpaired) electrons. The monoisotopic (exact) mass is 308 g/mol. The fourth-order valence-corrected chi connectivity index (χ4v) is 3.11. The Hall–Kier alpha value is -3.19. The van der Waals surface area contributed by atoms with Crippen LogP contribution >= 0.6 is 0 Å². The van der Waals surface area contributed by atoms with Crippen LogP contribution in [0.4, 0.5) is 0 Å². The van der Waals surface area contributed by atoms with E-state index < -0.39 is 0 Å². The van der Waals surface area contributed by atoms with Crippen LogP contribution < -0.4 is 0 Å². The van der Waals surface area contributed by atoms with Gasteiger partial charge in [0.25, 0.3) is 0 Å². The van der Waals surface area contributed by atoms with Crippen molar-refractivity contribution in [3.63, 3.8) is 0 Å². The van der Waals surface area contributed by atoms with E-state index in [4.69, 9.17) is 0 Å². The van der Waals surface area contributed by atoms with Crippen molar-refractivity contribution in [2.45, 2.75) is 0 Å². The molecule has 0 saturated heterocycles. The van der Waals surface area contributed by atoms with E-state index in [9.17, 15) is 4.79 Å². The number of hydrogen-bond acceptors (Lipinski definition) is 1. The average Bonchev–Trinajstić information content (AvgIpc) is 2.68. The Balaban J connectivity index is 1.93. The molecule has 4 aromatic carbocycles. The van der Waals surface area contributed by atoms with Gasteiger partial charge in [-0.3, -0.25) is 4.79 Å². The van der Waals surface area contributed by atoms with Gasteiger partial charge in [0, 0.05) is 11.1 Å². The number of ketones is 1. The van der Waals surface area contributed by atoms with Crippen molar-refractivity contribution in [1.82, 2.24) is 0 Å². The number of carbonyl (C=O) groups excluding carboxylic acids is 1. The van der Waals surface area contributed by atoms with Gasteiger partial charge in [0.05, 0.1) is 0 Å². The van der Waals surface area contributed by atoms with Crippen molar-refractivity contribution < 1.29 is 4.79 Å². The van der Waals surface area contributed by atoms with Crippen LogP contribution in [0.5, 0.6) is 0 Å². The fraction of sp³-hybridized carbons (Fsp3) is 0. The van der Waals surface area contributed by atoms with E-state index in [2.05, 4.69) is 18.2 Å². The van der Waals surface area contributed by atoms with Crippen LogP contribution in [0.2, 0.25) is 0 Å². The van der Waals surface area contributed by atoms with Crippen LogP contribution in [0.1, 0.15) is 15.9 Å². The number of fused-ring (bicyclic) bond motifs is 1. The third-order valence-corrected chi connectivity index (χ3v) is 4.29. The van der Waals surface area contributed by atoms with Gasteiger partial charge < -0.3 is 0 Å². The predicted octanol–water partition coefficient (Wildman–Crippen LogP) is 5.74. The zero-order chi connectivity index (χ0) is 16.4. The van der Waals surface area contributed by atoms with Crippen LogP contribution in [0.15, 0.2) is 97.1 Å². The quantitative estimate of drug-likeness (QED) is 0.441. The average molecular weight is 308 g/mol. The van der Waals surface area contributed by atoms with Crippen molar-refractivity contribution in [1.29, 1.82) is 0 Å². The third-order valence-electron chi connectivity index (χ3n) is 4.29. The molecule has 0 aromatic heterocycles. The number of hydrogen-bond donors (Lipinski definition) is 0. The van der Waals surface area contributed by atoms with Crippen molar-refractivity contribution in [2.75, 3.05) is 0 Å². The predicted molar refractivity (Wildman–Crippen MR) is 99.3 cm³/mol. The lowest BCUT2D eigenvalue weighted by molar-refractivity contribution is 0.104. The molecule has 0 bridgehead atoms. The standard InChI is InChI=1S/C23H16O/c24-23(18-11-5-2-6-12-18)22-16-15-19(17-9-3-1-4-10-17)20-13-7-8-14-21(20)22/h1-16H. The minimum atomic E-state index is 0.0615. The van der Waals surface area contributed by atoms with Crippen molar-refractivity contribution in [3.05, 3.63) is 108 Å². The van der Waals surface area contributed by atoms with Crippen LogP contribution in [-0.4, -0.2) is 5.78 Å². The minimum absolute atomic E-state index is 0.0615. The first-order chi connectivity index (χ1) is 11.8. The molecule has 0 heterocycles. The summed E-state index contributed by atoms with van der Waals surface area (Å²) in [6.45, 7) is 0. The SMILES string of the molecule is O=C(c1ccccc1)c1ccc(-c2ccccc2)c2ccccc12. The molecule has 0 unspecified atom stereocenters. The molecule has 0 amide bonds. The Labute approximate surface area is 141 Å². The summed E-state index contributed by atoms with van der Waals surface area (Å²) < 4.78 is 0. The van der Waals surface area contributed by atoms with Crippen molar-refractivity contribution >= 4 is 16.6 Å². The van der Waals surface area contributed by atoms with E-state index in [0.717, 1.165) is 33.0 Å². The van der Waals surface area contributed by atoms with Gasteiger partial charge in [-0.15, -0.1) is 0 Å². The van der Waals surface area contributed by atoms with Gasteiger partial charge in [0.1, 0.15) is 0 Å². The molecule has 0 aliphatic heterocycles. The highest BCUT2D eigenvalue weighted by Crippen LogP contribution is 2.31. The molecule has 0 aliphatic rings. The Morgan fingerprint density at radius 2 is 1.12 bits per heavy atom. The molecule has 4 rings (SSSR count). The van der Waals surface area contributed by atoms with E-state index in [1.54, 1.807) is 0 Å². The molecule has 0 fully saturated rings. The topological polar surface area (TPSA) is 17.1 Å². The van der Waals surface area contributed by atoms with Crippen molar-refractivity contribution in [3.8, 4) is 11.1 Å². The summed E-state index contributed by atoms with van der Waals surface area (Å²) in [5.41, 5.74) is 3.77. The highest BCUT2D eigenvalue weighted by Gasteiger charge is 2.14. The summed E-state index contributed by atoms with van der Waals surface area (Å²) in [4.78, 5) is 12.9. The first kappa shape index (κ1) is 14.4. The molecule has 0 atom stereocenters. The summed E-state index contributed by atoms with van der Waals surface area (Å²) >= 11 is 0. The van der Waals surface area contributed by atoms with E-state index in [0.29, 0.717) is 0 Å². The Kier molecular flexibility index (Phi) is 3.68. The van der Waals surface area contributed by atoms with Gasteiger partial charge in [-0.05, 0) is 28.0 Å². The van der Waals surface area contributed by atoms with Gasteiger partial charge in [0.2, 0.25) is 0 Å². The maximum Gasteiger partial charge on any atom is 0.193 e. The Bertz CT molecular complexity index is 1000. The lowest BCUT2D eigenvalue weighted by Gasteiger charge is -2.11. The number of carbonyl (C=O) groups is 1. The maximum atomic E-state index is 12.9. The highest BCUT2D eigenvalue weighted by atomic mass is 16.1. The minimum Gasteiger partial charge on any atom is -0.289 e. The first-order valence-electron chi connectivity index (χ1n) is 8.01. The van der Waals surface area contributed by atoms with Gasteiger partial charge in [-0.25, -0.2) is 0 Å². The number of benzene rings is 4. The zero-order valence-electron chi connectivity index (χ0n) is 13.1.